The van der Waals surface area contributed by atoms with Gasteiger partial charge in [0.1, 0.15) is 0 Å². The molecule has 0 atom stereocenters. The first-order valence-corrected chi connectivity index (χ1v) is 5.77. The fraction of sp³-hybridized carbons (Fsp3) is 0.357. The van der Waals surface area contributed by atoms with E-state index in [0.717, 1.165) is 0 Å². The van der Waals surface area contributed by atoms with Crippen LogP contribution in [0.15, 0.2) is 30.3 Å². The summed E-state index contributed by atoms with van der Waals surface area (Å²) in [5.74, 6) is -2.98. The molecule has 96 valence electrons. The minimum absolute atomic E-state index is 0.0106. The van der Waals surface area contributed by atoms with E-state index in [9.17, 15) is 8.78 Å². The first-order valence-electron chi connectivity index (χ1n) is 5.77. The third-order valence-electron chi connectivity index (χ3n) is 3.30. The van der Waals surface area contributed by atoms with Crippen LogP contribution in [0.4, 0.5) is 14.5 Å². The summed E-state index contributed by atoms with van der Waals surface area (Å²) in [6, 6.07) is 6.42. The molecule has 0 amide bonds. The van der Waals surface area contributed by atoms with Crippen molar-refractivity contribution in [1.29, 1.82) is 5.41 Å². The van der Waals surface area contributed by atoms with E-state index >= 15 is 0 Å². The van der Waals surface area contributed by atoms with Crippen LogP contribution in [0.1, 0.15) is 25.8 Å². The van der Waals surface area contributed by atoms with Gasteiger partial charge in [-0.25, -0.2) is 8.78 Å². The van der Waals surface area contributed by atoms with Gasteiger partial charge < -0.3 is 11.1 Å². The predicted octanol–water partition coefficient (Wildman–Crippen LogP) is 3.74. The third kappa shape index (κ3) is 2.15. The summed E-state index contributed by atoms with van der Waals surface area (Å²) >= 11 is 0. The molecule has 1 aliphatic rings. The Kier molecular flexibility index (Phi) is 2.76. The number of hydrogen-bond donors (Lipinski definition) is 2. The average molecular weight is 250 g/mol. The van der Waals surface area contributed by atoms with Gasteiger partial charge in [-0.05, 0) is 17.7 Å². The number of rotatable bonds is 1. The number of alkyl halides is 2. The lowest BCUT2D eigenvalue weighted by atomic mass is 9.74. The Morgan fingerprint density at radius 1 is 1.17 bits per heavy atom. The summed E-state index contributed by atoms with van der Waals surface area (Å²) in [5.41, 5.74) is 6.00. The maximum absolute atomic E-state index is 14.0. The molecule has 2 nitrogen and oxygen atoms in total. The molecule has 0 aliphatic heterocycles. The van der Waals surface area contributed by atoms with Gasteiger partial charge in [0, 0.05) is 22.4 Å². The van der Waals surface area contributed by atoms with Gasteiger partial charge in [0.05, 0.1) is 6.42 Å². The minimum Gasteiger partial charge on any atom is -0.399 e. The van der Waals surface area contributed by atoms with Crippen molar-refractivity contribution in [2.24, 2.45) is 5.41 Å². The third-order valence-corrected chi connectivity index (χ3v) is 3.30. The highest BCUT2D eigenvalue weighted by Gasteiger charge is 2.44. The first kappa shape index (κ1) is 12.7. The largest absolute Gasteiger partial charge is 0.399 e. The van der Waals surface area contributed by atoms with Crippen LogP contribution in [-0.2, 0) is 0 Å². The van der Waals surface area contributed by atoms with Gasteiger partial charge in [-0.1, -0.05) is 32.1 Å². The van der Waals surface area contributed by atoms with Crippen molar-refractivity contribution < 1.29 is 8.78 Å². The zero-order chi connectivity index (χ0) is 13.6. The average Bonchev–Trinajstić information content (AvgIpc) is 2.25. The van der Waals surface area contributed by atoms with E-state index in [-0.39, 0.29) is 11.3 Å². The quantitative estimate of drug-likeness (QED) is 0.733. The van der Waals surface area contributed by atoms with E-state index < -0.39 is 17.8 Å². The fourth-order valence-corrected chi connectivity index (χ4v) is 2.06. The summed E-state index contributed by atoms with van der Waals surface area (Å²) in [4.78, 5) is 0. The number of nitrogens with two attached hydrogens (primary N) is 1. The second kappa shape index (κ2) is 3.90. The van der Waals surface area contributed by atoms with Crippen molar-refractivity contribution in [2.75, 3.05) is 5.73 Å². The van der Waals surface area contributed by atoms with E-state index in [1.807, 2.05) is 0 Å². The molecule has 0 saturated heterocycles. The molecule has 0 unspecified atom stereocenters. The second-order valence-electron chi connectivity index (χ2n) is 5.26. The van der Waals surface area contributed by atoms with E-state index in [4.69, 9.17) is 11.1 Å². The second-order valence-corrected chi connectivity index (χ2v) is 5.26. The Hall–Kier alpha value is -1.71. The molecule has 0 saturated carbocycles. The normalized spacial score (nSPS) is 21.6. The summed E-state index contributed by atoms with van der Waals surface area (Å²) < 4.78 is 28.0. The molecule has 0 aromatic heterocycles. The standard InChI is InChI=1S/C14H16F2N2/c1-13(2)7-11(14(15,16)8-12(13)18)9-3-5-10(17)6-4-9/h3-7,18H,8,17H2,1-2H3. The van der Waals surface area contributed by atoms with E-state index in [2.05, 4.69) is 0 Å². The molecule has 3 N–H and O–H groups in total. The maximum Gasteiger partial charge on any atom is 0.278 e. The molecule has 4 heteroatoms. The maximum atomic E-state index is 14.0. The molecule has 2 rings (SSSR count). The Balaban J connectivity index is 2.53. The van der Waals surface area contributed by atoms with E-state index in [0.29, 0.717) is 11.3 Å². The van der Waals surface area contributed by atoms with Crippen molar-refractivity contribution in [3.63, 3.8) is 0 Å². The zero-order valence-corrected chi connectivity index (χ0v) is 10.4. The number of allylic oxidation sites excluding steroid dienone is 2. The van der Waals surface area contributed by atoms with E-state index in [1.165, 1.54) is 6.08 Å². The molecule has 1 aliphatic carbocycles. The van der Waals surface area contributed by atoms with Crippen LogP contribution in [0, 0.1) is 10.8 Å². The molecule has 0 bridgehead atoms. The van der Waals surface area contributed by atoms with Crippen LogP contribution in [0.5, 0.6) is 0 Å². The van der Waals surface area contributed by atoms with Gasteiger partial charge in [-0.3, -0.25) is 0 Å². The van der Waals surface area contributed by atoms with Crippen molar-refractivity contribution in [3.8, 4) is 0 Å². The predicted molar refractivity (Wildman–Crippen MR) is 69.9 cm³/mol. The molecule has 0 radical (unpaired) electrons. The summed E-state index contributed by atoms with van der Waals surface area (Å²) in [6.45, 7) is 3.56. The Morgan fingerprint density at radius 3 is 2.28 bits per heavy atom. The topological polar surface area (TPSA) is 49.9 Å². The lowest BCUT2D eigenvalue weighted by Gasteiger charge is -2.34. The number of nitrogens with one attached hydrogen (secondary N) is 1. The van der Waals surface area contributed by atoms with Crippen molar-refractivity contribution in [1.82, 2.24) is 0 Å². The van der Waals surface area contributed by atoms with Crippen LogP contribution in [-0.4, -0.2) is 11.6 Å². The van der Waals surface area contributed by atoms with Gasteiger partial charge in [0.25, 0.3) is 5.92 Å². The first-order chi connectivity index (χ1) is 8.22. The van der Waals surface area contributed by atoms with Gasteiger partial charge in [-0.2, -0.15) is 0 Å². The lowest BCUT2D eigenvalue weighted by molar-refractivity contribution is 0.0696. The number of halogens is 2. The Bertz CT molecular complexity index is 513. The van der Waals surface area contributed by atoms with Gasteiger partial charge in [-0.15, -0.1) is 0 Å². The molecular formula is C14H16F2N2. The van der Waals surface area contributed by atoms with Gasteiger partial charge >= 0.3 is 0 Å². The smallest absolute Gasteiger partial charge is 0.278 e. The summed E-state index contributed by atoms with van der Waals surface area (Å²) in [7, 11) is 0. The van der Waals surface area contributed by atoms with Crippen molar-refractivity contribution in [2.45, 2.75) is 26.2 Å². The Labute approximate surface area is 105 Å². The van der Waals surface area contributed by atoms with Crippen LogP contribution in [0.3, 0.4) is 0 Å². The number of anilines is 1. The minimum atomic E-state index is -2.98. The molecule has 18 heavy (non-hydrogen) atoms. The molecule has 0 heterocycles. The van der Waals surface area contributed by atoms with Crippen molar-refractivity contribution in [3.05, 3.63) is 35.9 Å². The molecule has 0 spiro atoms. The number of benzene rings is 1. The molecule has 1 aromatic carbocycles. The monoisotopic (exact) mass is 250 g/mol. The Morgan fingerprint density at radius 2 is 1.72 bits per heavy atom. The van der Waals surface area contributed by atoms with E-state index in [1.54, 1.807) is 38.1 Å². The zero-order valence-electron chi connectivity index (χ0n) is 10.4. The van der Waals surface area contributed by atoms with Gasteiger partial charge in [0.2, 0.25) is 0 Å². The lowest BCUT2D eigenvalue weighted by Crippen LogP contribution is -2.36. The highest BCUT2D eigenvalue weighted by atomic mass is 19.3. The molecular weight excluding hydrogens is 234 g/mol. The highest BCUT2D eigenvalue weighted by molar-refractivity contribution is 5.96. The fourth-order valence-electron chi connectivity index (χ4n) is 2.06. The van der Waals surface area contributed by atoms with Crippen LogP contribution >= 0.6 is 0 Å². The molecule has 0 fully saturated rings. The summed E-state index contributed by atoms with van der Waals surface area (Å²) in [6.07, 6.45) is 0.973. The highest BCUT2D eigenvalue weighted by Crippen LogP contribution is 2.44. The van der Waals surface area contributed by atoms with Crippen LogP contribution in [0.25, 0.3) is 5.57 Å². The van der Waals surface area contributed by atoms with Crippen LogP contribution < -0.4 is 5.73 Å². The van der Waals surface area contributed by atoms with Crippen LogP contribution in [0.2, 0.25) is 0 Å². The summed E-state index contributed by atoms with van der Waals surface area (Å²) in [5, 5.41) is 7.69. The number of hydrogen-bond acceptors (Lipinski definition) is 2. The SMILES string of the molecule is CC1(C)C=C(c2ccc(N)cc2)C(F)(F)CC1=N. The van der Waals surface area contributed by atoms with Crippen molar-refractivity contribution >= 4 is 17.0 Å². The van der Waals surface area contributed by atoms with Gasteiger partial charge in [0.15, 0.2) is 0 Å². The number of nitrogen functional groups attached to an aromatic ring is 1. The molecule has 1 aromatic rings.